The Kier molecular flexibility index (Phi) is 21.3. The van der Waals surface area contributed by atoms with Crippen molar-refractivity contribution in [2.75, 3.05) is 118 Å². The highest BCUT2D eigenvalue weighted by Crippen LogP contribution is 1.99. The summed E-state index contributed by atoms with van der Waals surface area (Å²) in [5.41, 5.74) is 0. The second-order valence-electron chi connectivity index (χ2n) is 8.95. The number of hydrogen-bond acceptors (Lipinski definition) is 8. The molecule has 2 aliphatic heterocycles. The van der Waals surface area contributed by atoms with Gasteiger partial charge in [-0.05, 0) is 97.6 Å². The number of nitrogens with one attached hydrogen (secondary N) is 6. The standard InChI is InChI=1S/C23H52N8.ClH/c1-6-24-12-14-26-10-3-18-30(22-16-28-8-1)20-5-21-31-19-4-11-27-15-13-25-7-2-9-29-17-23-31;/h24-29H,1-23H2;1H. The molecule has 0 bridgehead atoms. The third-order valence-electron chi connectivity index (χ3n) is 6.19. The summed E-state index contributed by atoms with van der Waals surface area (Å²) in [7, 11) is 0. The van der Waals surface area contributed by atoms with E-state index in [1.165, 1.54) is 71.4 Å². The van der Waals surface area contributed by atoms with E-state index in [1.54, 1.807) is 0 Å². The Morgan fingerprint density at radius 1 is 0.375 bits per heavy atom. The molecule has 6 N–H and O–H groups in total. The molecule has 2 aliphatic rings. The fraction of sp³-hybridized carbons (Fsp3) is 1.00. The molecule has 0 amide bonds. The zero-order valence-electron chi connectivity index (χ0n) is 20.6. The van der Waals surface area contributed by atoms with Crippen LogP contribution >= 0.6 is 12.4 Å². The van der Waals surface area contributed by atoms with Crippen molar-refractivity contribution in [1.82, 2.24) is 41.7 Å². The minimum atomic E-state index is 0. The van der Waals surface area contributed by atoms with Gasteiger partial charge in [0.1, 0.15) is 0 Å². The van der Waals surface area contributed by atoms with E-state index in [9.17, 15) is 0 Å². The lowest BCUT2D eigenvalue weighted by atomic mass is 10.2. The summed E-state index contributed by atoms with van der Waals surface area (Å²) in [6.07, 6.45) is 6.19. The maximum atomic E-state index is 3.63. The molecule has 0 unspecified atom stereocenters. The van der Waals surface area contributed by atoms with Crippen molar-refractivity contribution in [3.05, 3.63) is 0 Å². The molecule has 2 rings (SSSR count). The van der Waals surface area contributed by atoms with Crippen molar-refractivity contribution in [2.24, 2.45) is 0 Å². The fourth-order valence-corrected chi connectivity index (χ4v) is 4.30. The SMILES string of the molecule is C1CNCCNCCCN(CCCN2CCCNCCNCCCNCC2)CCNC1.Cl. The molecule has 0 aromatic rings. The molecule has 2 heterocycles. The van der Waals surface area contributed by atoms with Gasteiger partial charge in [0.2, 0.25) is 0 Å². The highest BCUT2D eigenvalue weighted by atomic mass is 35.5. The van der Waals surface area contributed by atoms with Crippen molar-refractivity contribution < 1.29 is 0 Å². The minimum absolute atomic E-state index is 0. The minimum Gasteiger partial charge on any atom is -0.315 e. The zero-order chi connectivity index (χ0) is 21.7. The predicted molar refractivity (Wildman–Crippen MR) is 140 cm³/mol. The van der Waals surface area contributed by atoms with Crippen LogP contribution in [0.25, 0.3) is 0 Å². The van der Waals surface area contributed by atoms with Gasteiger partial charge in [-0.25, -0.2) is 0 Å². The highest BCUT2D eigenvalue weighted by Gasteiger charge is 2.09. The second kappa shape index (κ2) is 22.7. The smallest absolute Gasteiger partial charge is 0.0107 e. The Morgan fingerprint density at radius 3 is 1.12 bits per heavy atom. The summed E-state index contributed by atoms with van der Waals surface area (Å²) in [6.45, 7) is 20.5. The molecule has 0 aromatic carbocycles. The molecule has 0 aliphatic carbocycles. The zero-order valence-corrected chi connectivity index (χ0v) is 21.4. The van der Waals surface area contributed by atoms with Crippen LogP contribution in [0.4, 0.5) is 0 Å². The van der Waals surface area contributed by atoms with E-state index in [4.69, 9.17) is 0 Å². The predicted octanol–water partition coefficient (Wildman–Crippen LogP) is -0.472. The topological polar surface area (TPSA) is 78.7 Å². The normalized spacial score (nSPS) is 24.0. The molecular weight excluding hydrogens is 424 g/mol. The van der Waals surface area contributed by atoms with Crippen molar-refractivity contribution in [2.45, 2.75) is 32.1 Å². The molecule has 0 saturated carbocycles. The van der Waals surface area contributed by atoms with Crippen LogP contribution in [0.2, 0.25) is 0 Å². The van der Waals surface area contributed by atoms with Gasteiger partial charge in [-0.3, -0.25) is 0 Å². The summed E-state index contributed by atoms with van der Waals surface area (Å²) in [5.74, 6) is 0. The monoisotopic (exact) mass is 476 g/mol. The van der Waals surface area contributed by atoms with Gasteiger partial charge in [0, 0.05) is 52.4 Å². The lowest BCUT2D eigenvalue weighted by molar-refractivity contribution is 0.222. The summed E-state index contributed by atoms with van der Waals surface area (Å²) >= 11 is 0. The maximum Gasteiger partial charge on any atom is 0.0107 e. The van der Waals surface area contributed by atoms with E-state index in [0.717, 1.165) is 78.5 Å². The van der Waals surface area contributed by atoms with Crippen LogP contribution in [-0.4, -0.2) is 128 Å². The molecule has 0 aromatic heterocycles. The van der Waals surface area contributed by atoms with Crippen molar-refractivity contribution in [1.29, 1.82) is 0 Å². The molecule has 2 saturated heterocycles. The second-order valence-corrected chi connectivity index (χ2v) is 8.95. The number of rotatable bonds is 4. The Labute approximate surface area is 204 Å². The number of hydrogen-bond donors (Lipinski definition) is 6. The quantitative estimate of drug-likeness (QED) is 0.325. The van der Waals surface area contributed by atoms with Crippen LogP contribution in [0.3, 0.4) is 0 Å². The first-order valence-corrected chi connectivity index (χ1v) is 13.1. The van der Waals surface area contributed by atoms with Gasteiger partial charge in [-0.1, -0.05) is 0 Å². The number of nitrogens with zero attached hydrogens (tertiary/aromatic N) is 2. The van der Waals surface area contributed by atoms with Gasteiger partial charge in [-0.2, -0.15) is 0 Å². The summed E-state index contributed by atoms with van der Waals surface area (Å²) < 4.78 is 0. The molecule has 8 nitrogen and oxygen atoms in total. The summed E-state index contributed by atoms with van der Waals surface area (Å²) in [5, 5.41) is 21.4. The fourth-order valence-electron chi connectivity index (χ4n) is 4.30. The summed E-state index contributed by atoms with van der Waals surface area (Å²) in [6, 6.07) is 0. The Balaban J connectivity index is 0.00000512. The lowest BCUT2D eigenvalue weighted by Crippen LogP contribution is -2.40. The first-order valence-electron chi connectivity index (χ1n) is 13.1. The van der Waals surface area contributed by atoms with Gasteiger partial charge in [0.15, 0.2) is 0 Å². The van der Waals surface area contributed by atoms with Gasteiger partial charge in [-0.15, -0.1) is 12.4 Å². The molecular formula is C23H53ClN8. The average molecular weight is 477 g/mol. The van der Waals surface area contributed by atoms with Crippen molar-refractivity contribution >= 4 is 12.4 Å². The van der Waals surface area contributed by atoms with E-state index in [2.05, 4.69) is 41.7 Å². The van der Waals surface area contributed by atoms with Gasteiger partial charge in [0.25, 0.3) is 0 Å². The van der Waals surface area contributed by atoms with E-state index in [0.29, 0.717) is 0 Å². The molecule has 2 fully saturated rings. The third-order valence-corrected chi connectivity index (χ3v) is 6.19. The largest absolute Gasteiger partial charge is 0.315 e. The van der Waals surface area contributed by atoms with Gasteiger partial charge < -0.3 is 41.7 Å². The third kappa shape index (κ3) is 17.4. The maximum absolute atomic E-state index is 3.63. The molecule has 9 heteroatoms. The van der Waals surface area contributed by atoms with E-state index >= 15 is 0 Å². The average Bonchev–Trinajstić information content (AvgIpc) is 2.78. The highest BCUT2D eigenvalue weighted by molar-refractivity contribution is 5.85. The molecule has 0 radical (unpaired) electrons. The first-order chi connectivity index (χ1) is 15.4. The Bertz CT molecular complexity index is 329. The molecule has 192 valence electrons. The van der Waals surface area contributed by atoms with Crippen LogP contribution in [0.1, 0.15) is 32.1 Å². The number of halogens is 1. The van der Waals surface area contributed by atoms with Crippen molar-refractivity contribution in [3.8, 4) is 0 Å². The van der Waals surface area contributed by atoms with Crippen LogP contribution in [0.15, 0.2) is 0 Å². The van der Waals surface area contributed by atoms with Crippen LogP contribution < -0.4 is 31.9 Å². The first kappa shape index (κ1) is 30.0. The van der Waals surface area contributed by atoms with Crippen molar-refractivity contribution in [3.63, 3.8) is 0 Å². The van der Waals surface area contributed by atoms with Gasteiger partial charge >= 0.3 is 0 Å². The van der Waals surface area contributed by atoms with E-state index in [-0.39, 0.29) is 12.4 Å². The van der Waals surface area contributed by atoms with Crippen LogP contribution in [-0.2, 0) is 0 Å². The molecule has 0 atom stereocenters. The Morgan fingerprint density at radius 2 is 0.719 bits per heavy atom. The van der Waals surface area contributed by atoms with E-state index < -0.39 is 0 Å². The van der Waals surface area contributed by atoms with Crippen LogP contribution in [0, 0.1) is 0 Å². The van der Waals surface area contributed by atoms with E-state index in [1.807, 2.05) is 0 Å². The molecule has 0 spiro atoms. The molecule has 32 heavy (non-hydrogen) atoms. The Hall–Kier alpha value is -0.0300. The van der Waals surface area contributed by atoms with Crippen LogP contribution in [0.5, 0.6) is 0 Å². The lowest BCUT2D eigenvalue weighted by Gasteiger charge is -2.26. The summed E-state index contributed by atoms with van der Waals surface area (Å²) in [4.78, 5) is 5.35. The van der Waals surface area contributed by atoms with Gasteiger partial charge in [0.05, 0.1) is 0 Å².